The number of para-hydroxylation sites is 5. The smallest absolute Gasteiger partial charge is 0.256 e. The van der Waals surface area contributed by atoms with Gasteiger partial charge >= 0.3 is 0 Å². The summed E-state index contributed by atoms with van der Waals surface area (Å²) in [5.74, 6) is 3.40. The van der Waals surface area contributed by atoms with Crippen molar-refractivity contribution in [3.8, 4) is 79.0 Å². The molecule has 0 fully saturated rings. The first-order valence-electron chi connectivity index (χ1n) is 31.7. The highest BCUT2D eigenvalue weighted by Gasteiger charge is 2.44. The molecule has 0 saturated carbocycles. The standard InChI is InChI=1S/C84H64BN5O/c1-83(2,3)58-51-76-81-78(52-58)91-77-46-44-55(69-37-24-42-79(86-69)88-71-38-19-14-30-62(71)63-31-15-20-39-72(63)88)48-68(77)85(81)67-47-56(43-45-75(67)90(76)82-60(53-25-9-7-10-26-53)34-23-35-61(82)54-27-11-8-12-28-54)70-49-57(59-29-13-18-36-66(59)84(4,5)6)50-80(87-70)89-73-40-21-16-32-64(73)65-33-17-22-41-74(65)89/h7-52H,1-6H3. The molecule has 0 saturated heterocycles. The van der Waals surface area contributed by atoms with Crippen molar-refractivity contribution in [2.45, 2.75) is 52.4 Å². The number of ether oxygens (including phenoxy) is 1. The summed E-state index contributed by atoms with van der Waals surface area (Å²) in [6, 6.07) is 102. The number of aromatic nitrogens is 4. The molecule has 0 spiro atoms. The van der Waals surface area contributed by atoms with Crippen molar-refractivity contribution in [3.05, 3.63) is 290 Å². The van der Waals surface area contributed by atoms with Crippen molar-refractivity contribution in [2.24, 2.45) is 0 Å². The van der Waals surface area contributed by atoms with Crippen molar-refractivity contribution in [2.75, 3.05) is 4.90 Å². The maximum Gasteiger partial charge on any atom is 0.256 e. The van der Waals surface area contributed by atoms with Crippen molar-refractivity contribution in [3.63, 3.8) is 0 Å². The zero-order valence-corrected chi connectivity index (χ0v) is 51.8. The van der Waals surface area contributed by atoms with Crippen LogP contribution in [0.15, 0.2) is 279 Å². The summed E-state index contributed by atoms with van der Waals surface area (Å²) < 4.78 is 12.1. The van der Waals surface area contributed by atoms with Crippen molar-refractivity contribution < 1.29 is 4.74 Å². The van der Waals surface area contributed by atoms with E-state index in [9.17, 15) is 0 Å². The zero-order valence-electron chi connectivity index (χ0n) is 51.8. The summed E-state index contributed by atoms with van der Waals surface area (Å²) in [6.07, 6.45) is 0. The fourth-order valence-electron chi connectivity index (χ4n) is 14.6. The summed E-state index contributed by atoms with van der Waals surface area (Å²) in [7, 11) is 0. The van der Waals surface area contributed by atoms with Crippen LogP contribution < -0.4 is 26.0 Å². The molecule has 0 unspecified atom stereocenters. The minimum Gasteiger partial charge on any atom is -0.458 e. The maximum absolute atomic E-state index is 7.44. The minimum absolute atomic E-state index is 0.133. The number of nitrogens with zero attached hydrogens (tertiary/aromatic N) is 5. The summed E-state index contributed by atoms with van der Waals surface area (Å²) in [5, 5.41) is 4.78. The van der Waals surface area contributed by atoms with Crippen molar-refractivity contribution in [1.82, 2.24) is 19.1 Å². The number of hydrogen-bond donors (Lipinski definition) is 0. The molecule has 4 aromatic heterocycles. The molecule has 6 nitrogen and oxygen atoms in total. The lowest BCUT2D eigenvalue weighted by molar-refractivity contribution is 0.483. The lowest BCUT2D eigenvalue weighted by Crippen LogP contribution is -2.59. The Hall–Kier alpha value is -11.0. The van der Waals surface area contributed by atoms with E-state index in [1.807, 2.05) is 0 Å². The highest BCUT2D eigenvalue weighted by Crippen LogP contribution is 2.51. The molecule has 11 aromatic carbocycles. The number of pyridine rings is 2. The lowest BCUT2D eigenvalue weighted by atomic mass is 9.34. The van der Waals surface area contributed by atoms with Gasteiger partial charge in [-0.3, -0.25) is 9.13 Å². The molecule has 0 aliphatic carbocycles. The monoisotopic (exact) mass is 1170 g/mol. The van der Waals surface area contributed by atoms with E-state index in [0.29, 0.717) is 0 Å². The minimum atomic E-state index is -0.278. The second-order valence-electron chi connectivity index (χ2n) is 26.5. The topological polar surface area (TPSA) is 48.1 Å². The largest absolute Gasteiger partial charge is 0.458 e. The zero-order chi connectivity index (χ0) is 61.3. The SMILES string of the molecule is CC(C)(C)c1cc2c3c(c1)N(c1c(-c4ccccc4)cccc1-c1ccccc1)c1ccc(-c4cc(-c5ccccc5C(C)(C)C)cc(-n5c6ccccc6c6ccccc65)n4)cc1B3c1cc(-c3cccc(-n4c5ccccc5c5ccccc54)n3)ccc1O2. The molecule has 2 aliphatic heterocycles. The third kappa shape index (κ3) is 8.85. The van der Waals surface area contributed by atoms with E-state index < -0.39 is 0 Å². The Morgan fingerprint density at radius 2 is 0.846 bits per heavy atom. The maximum atomic E-state index is 7.44. The van der Waals surface area contributed by atoms with E-state index >= 15 is 0 Å². The number of rotatable bonds is 8. The van der Waals surface area contributed by atoms with E-state index in [2.05, 4.69) is 335 Å². The Bertz CT molecular complexity index is 5270. The van der Waals surface area contributed by atoms with Crippen LogP contribution >= 0.6 is 0 Å². The molecule has 0 bridgehead atoms. The highest BCUT2D eigenvalue weighted by molar-refractivity contribution is 6.99. The Morgan fingerprint density at radius 3 is 1.45 bits per heavy atom. The fourth-order valence-corrected chi connectivity index (χ4v) is 14.6. The van der Waals surface area contributed by atoms with Gasteiger partial charge in [0, 0.05) is 44.0 Å². The van der Waals surface area contributed by atoms with Crippen molar-refractivity contribution >= 4 is 83.8 Å². The number of hydrogen-bond acceptors (Lipinski definition) is 4. The van der Waals surface area contributed by atoms with E-state index in [1.54, 1.807) is 0 Å². The first kappa shape index (κ1) is 54.2. The molecular formula is C84H64BN5O. The Balaban J connectivity index is 0.944. The summed E-state index contributed by atoms with van der Waals surface area (Å²) >= 11 is 0. The summed E-state index contributed by atoms with van der Waals surface area (Å²) in [5.41, 5.74) is 23.7. The predicted octanol–water partition coefficient (Wildman–Crippen LogP) is 20.0. The molecule has 91 heavy (non-hydrogen) atoms. The van der Waals surface area contributed by atoms with Gasteiger partial charge in [-0.15, -0.1) is 0 Å². The normalized spacial score (nSPS) is 12.8. The molecule has 2 aliphatic rings. The van der Waals surface area contributed by atoms with Crippen LogP contribution in [0.5, 0.6) is 11.5 Å². The molecule has 6 heterocycles. The molecular weight excluding hydrogens is 1110 g/mol. The third-order valence-electron chi connectivity index (χ3n) is 18.9. The Labute approximate surface area is 531 Å². The second kappa shape index (κ2) is 20.8. The summed E-state index contributed by atoms with van der Waals surface area (Å²) in [6.45, 7) is 13.6. The third-order valence-corrected chi connectivity index (χ3v) is 18.9. The van der Waals surface area contributed by atoms with Crippen LogP contribution in [0.4, 0.5) is 17.1 Å². The van der Waals surface area contributed by atoms with Gasteiger partial charge in [-0.05, 0) is 151 Å². The molecule has 7 heteroatoms. The van der Waals surface area contributed by atoms with Crippen LogP contribution in [0.2, 0.25) is 0 Å². The first-order chi connectivity index (χ1) is 44.4. The van der Waals surface area contributed by atoms with Gasteiger partial charge in [-0.25, -0.2) is 9.97 Å². The number of benzene rings is 11. The van der Waals surface area contributed by atoms with Crippen LogP contribution in [0.1, 0.15) is 52.7 Å². The molecule has 0 atom stereocenters. The van der Waals surface area contributed by atoms with E-state index in [0.717, 1.165) is 129 Å². The first-order valence-corrected chi connectivity index (χ1v) is 31.7. The molecule has 0 N–H and O–H groups in total. The van der Waals surface area contributed by atoms with Gasteiger partial charge in [-0.1, -0.05) is 242 Å². The van der Waals surface area contributed by atoms with Gasteiger partial charge in [0.25, 0.3) is 6.71 Å². The van der Waals surface area contributed by atoms with Gasteiger partial charge in [0.2, 0.25) is 0 Å². The molecule has 434 valence electrons. The number of anilines is 3. The average molecular weight is 1170 g/mol. The van der Waals surface area contributed by atoms with Gasteiger partial charge in [0.15, 0.2) is 0 Å². The van der Waals surface area contributed by atoms with E-state index in [1.165, 1.54) is 38.2 Å². The van der Waals surface area contributed by atoms with E-state index in [4.69, 9.17) is 14.7 Å². The highest BCUT2D eigenvalue weighted by atomic mass is 16.5. The quantitative estimate of drug-likeness (QED) is 0.142. The van der Waals surface area contributed by atoms with Gasteiger partial charge < -0.3 is 9.64 Å². The fraction of sp³-hybridized carbons (Fsp3) is 0.0952. The van der Waals surface area contributed by atoms with E-state index in [-0.39, 0.29) is 17.5 Å². The molecule has 0 amide bonds. The Morgan fingerprint density at radius 1 is 0.341 bits per heavy atom. The van der Waals surface area contributed by atoms with Gasteiger partial charge in [0.1, 0.15) is 23.1 Å². The molecule has 15 aromatic rings. The van der Waals surface area contributed by atoms with Gasteiger partial charge in [-0.2, -0.15) is 0 Å². The number of fused-ring (bicyclic) bond motifs is 10. The van der Waals surface area contributed by atoms with Crippen LogP contribution in [-0.4, -0.2) is 25.8 Å². The van der Waals surface area contributed by atoms with Gasteiger partial charge in [0.05, 0.1) is 39.1 Å². The molecule has 0 radical (unpaired) electrons. The second-order valence-corrected chi connectivity index (χ2v) is 26.5. The Kier molecular flexibility index (Phi) is 12.4. The summed E-state index contributed by atoms with van der Waals surface area (Å²) in [4.78, 5) is 14.0. The predicted molar refractivity (Wildman–Crippen MR) is 381 cm³/mol. The van der Waals surface area contributed by atoms with Crippen LogP contribution in [0.25, 0.3) is 111 Å². The van der Waals surface area contributed by atoms with Crippen LogP contribution in [0, 0.1) is 0 Å². The molecule has 17 rings (SSSR count). The van der Waals surface area contributed by atoms with Crippen molar-refractivity contribution in [1.29, 1.82) is 0 Å². The van der Waals surface area contributed by atoms with Crippen LogP contribution in [-0.2, 0) is 10.8 Å². The average Bonchev–Trinajstić information content (AvgIpc) is 1.50. The lowest BCUT2D eigenvalue weighted by Gasteiger charge is -2.42. The van der Waals surface area contributed by atoms with Crippen LogP contribution in [0.3, 0.4) is 0 Å².